The number of benzene rings is 1. The summed E-state index contributed by atoms with van der Waals surface area (Å²) in [6.07, 6.45) is 0.859. The lowest BCUT2D eigenvalue weighted by Gasteiger charge is -2.01. The third-order valence-electron chi connectivity index (χ3n) is 2.89. The molecule has 3 aromatic rings. The fraction of sp³-hybridized carbons (Fsp3) is 0.133. The Morgan fingerprint density at radius 3 is 2.45 bits per heavy atom. The van der Waals surface area contributed by atoms with Crippen molar-refractivity contribution in [1.29, 1.82) is 0 Å². The van der Waals surface area contributed by atoms with Gasteiger partial charge in [-0.05, 0) is 5.56 Å². The third kappa shape index (κ3) is 3.96. The number of nitrogens with zero attached hydrogens (tertiary/aromatic N) is 3. The van der Waals surface area contributed by atoms with E-state index in [1.165, 1.54) is 17.3 Å². The first-order valence-electron chi connectivity index (χ1n) is 6.69. The lowest BCUT2D eigenvalue weighted by atomic mass is 10.2. The molecule has 0 bridgehead atoms. The van der Waals surface area contributed by atoms with Crippen molar-refractivity contribution in [3.05, 3.63) is 58.0 Å². The van der Waals surface area contributed by atoms with Crippen LogP contribution >= 0.6 is 23.1 Å². The molecule has 0 spiro atoms. The summed E-state index contributed by atoms with van der Waals surface area (Å²) in [5.41, 5.74) is 13.6. The Morgan fingerprint density at radius 1 is 1.00 bits per heavy atom. The van der Waals surface area contributed by atoms with Crippen molar-refractivity contribution in [2.45, 2.75) is 17.3 Å². The van der Waals surface area contributed by atoms with E-state index in [2.05, 4.69) is 32.5 Å². The van der Waals surface area contributed by atoms with Crippen LogP contribution in [0, 0.1) is 0 Å². The number of aromatic nitrogens is 3. The molecule has 0 fully saturated rings. The topological polar surface area (TPSA) is 90.7 Å². The molecule has 0 aliphatic carbocycles. The third-order valence-corrected chi connectivity index (χ3v) is 4.67. The molecule has 0 aliphatic rings. The average Bonchev–Trinajstić information content (AvgIpc) is 2.93. The maximum atomic E-state index is 5.66. The molecular weight excluding hydrogens is 314 g/mol. The van der Waals surface area contributed by atoms with Crippen LogP contribution in [0.1, 0.15) is 16.3 Å². The van der Waals surface area contributed by atoms with Crippen LogP contribution in [0.15, 0.2) is 46.9 Å². The number of thioether (sulfide) groups is 1. The SMILES string of the molecule is Nc1cc(N)nc(SCc2csc(Cc3ccccc3)n2)n1. The number of rotatable bonds is 5. The van der Waals surface area contributed by atoms with Gasteiger partial charge in [0.2, 0.25) is 0 Å². The Labute approximate surface area is 136 Å². The van der Waals surface area contributed by atoms with E-state index < -0.39 is 0 Å². The summed E-state index contributed by atoms with van der Waals surface area (Å²) in [5.74, 6) is 1.48. The van der Waals surface area contributed by atoms with E-state index in [4.69, 9.17) is 11.5 Å². The lowest BCUT2D eigenvalue weighted by molar-refractivity contribution is 0.981. The van der Waals surface area contributed by atoms with Crippen LogP contribution in [0.2, 0.25) is 0 Å². The van der Waals surface area contributed by atoms with Gasteiger partial charge in [0, 0.05) is 23.6 Å². The van der Waals surface area contributed by atoms with Crippen LogP contribution < -0.4 is 11.5 Å². The van der Waals surface area contributed by atoms with Gasteiger partial charge in [0.1, 0.15) is 11.6 Å². The van der Waals surface area contributed by atoms with Gasteiger partial charge in [0.05, 0.1) is 10.7 Å². The molecule has 0 radical (unpaired) electrons. The van der Waals surface area contributed by atoms with Gasteiger partial charge < -0.3 is 11.5 Å². The van der Waals surface area contributed by atoms with Crippen molar-refractivity contribution in [2.24, 2.45) is 0 Å². The Balaban J connectivity index is 1.62. The van der Waals surface area contributed by atoms with Gasteiger partial charge >= 0.3 is 0 Å². The maximum absolute atomic E-state index is 5.66. The smallest absolute Gasteiger partial charge is 0.191 e. The van der Waals surface area contributed by atoms with Crippen LogP contribution in [-0.2, 0) is 12.2 Å². The molecule has 3 rings (SSSR count). The van der Waals surface area contributed by atoms with Crippen LogP contribution in [0.4, 0.5) is 11.6 Å². The maximum Gasteiger partial charge on any atom is 0.191 e. The lowest BCUT2D eigenvalue weighted by Crippen LogP contribution is -1.99. The first-order valence-corrected chi connectivity index (χ1v) is 8.55. The van der Waals surface area contributed by atoms with E-state index in [1.807, 2.05) is 18.2 Å². The normalized spacial score (nSPS) is 10.7. The van der Waals surface area contributed by atoms with E-state index in [9.17, 15) is 0 Å². The van der Waals surface area contributed by atoms with Gasteiger partial charge in [-0.25, -0.2) is 15.0 Å². The minimum atomic E-state index is 0.387. The summed E-state index contributed by atoms with van der Waals surface area (Å²) >= 11 is 3.15. The molecule has 0 amide bonds. The minimum Gasteiger partial charge on any atom is -0.383 e. The first-order chi connectivity index (χ1) is 10.7. The highest BCUT2D eigenvalue weighted by molar-refractivity contribution is 7.98. The zero-order valence-electron chi connectivity index (χ0n) is 11.8. The number of hydrogen-bond donors (Lipinski definition) is 2. The van der Waals surface area contributed by atoms with E-state index in [1.54, 1.807) is 17.4 Å². The number of thiazole rings is 1. The second-order valence-corrected chi connectivity index (χ2v) is 6.57. The molecule has 2 heterocycles. The van der Waals surface area contributed by atoms with Crippen molar-refractivity contribution in [3.8, 4) is 0 Å². The monoisotopic (exact) mass is 329 g/mol. The Morgan fingerprint density at radius 2 is 1.73 bits per heavy atom. The summed E-state index contributed by atoms with van der Waals surface area (Å²) < 4.78 is 0. The van der Waals surface area contributed by atoms with Crippen LogP contribution in [0.25, 0.3) is 0 Å². The fourth-order valence-electron chi connectivity index (χ4n) is 1.93. The van der Waals surface area contributed by atoms with E-state index in [0.29, 0.717) is 22.5 Å². The molecule has 0 unspecified atom stereocenters. The fourth-order valence-corrected chi connectivity index (χ4v) is 3.63. The Kier molecular flexibility index (Phi) is 4.55. The zero-order chi connectivity index (χ0) is 15.4. The molecule has 7 heteroatoms. The summed E-state index contributed by atoms with van der Waals surface area (Å²) in [6.45, 7) is 0. The van der Waals surface area contributed by atoms with Crippen molar-refractivity contribution >= 4 is 34.7 Å². The van der Waals surface area contributed by atoms with Crippen molar-refractivity contribution in [1.82, 2.24) is 15.0 Å². The first kappa shape index (κ1) is 14.8. The molecule has 5 nitrogen and oxygen atoms in total. The predicted octanol–water partition coefficient (Wildman–Crippen LogP) is 2.98. The molecule has 0 saturated heterocycles. The van der Waals surface area contributed by atoms with Gasteiger partial charge in [-0.3, -0.25) is 0 Å². The number of nitrogens with two attached hydrogens (primary N) is 2. The van der Waals surface area contributed by atoms with E-state index >= 15 is 0 Å². The van der Waals surface area contributed by atoms with Gasteiger partial charge in [0.25, 0.3) is 0 Å². The standard InChI is InChI=1S/C15H15N5S2/c16-12-7-13(17)20-15(19-12)22-9-11-8-21-14(18-11)6-10-4-2-1-3-5-10/h1-5,7-8H,6,9H2,(H4,16,17,19,20). The molecule has 0 atom stereocenters. The average molecular weight is 329 g/mol. The largest absolute Gasteiger partial charge is 0.383 e. The van der Waals surface area contributed by atoms with Gasteiger partial charge in [-0.2, -0.15) is 0 Å². The van der Waals surface area contributed by atoms with Crippen LogP contribution in [0.5, 0.6) is 0 Å². The number of anilines is 2. The van der Waals surface area contributed by atoms with E-state index in [-0.39, 0.29) is 0 Å². The number of nitrogen functional groups attached to an aromatic ring is 2. The quantitative estimate of drug-likeness (QED) is 0.552. The van der Waals surface area contributed by atoms with Gasteiger partial charge in [-0.1, -0.05) is 42.1 Å². The Hall–Kier alpha value is -2.12. The molecule has 112 valence electrons. The molecule has 22 heavy (non-hydrogen) atoms. The second-order valence-electron chi connectivity index (χ2n) is 4.68. The molecule has 1 aromatic carbocycles. The van der Waals surface area contributed by atoms with Crippen molar-refractivity contribution in [2.75, 3.05) is 11.5 Å². The van der Waals surface area contributed by atoms with Crippen LogP contribution in [-0.4, -0.2) is 15.0 Å². The van der Waals surface area contributed by atoms with Crippen LogP contribution in [0.3, 0.4) is 0 Å². The zero-order valence-corrected chi connectivity index (χ0v) is 13.4. The van der Waals surface area contributed by atoms with Gasteiger partial charge in [-0.15, -0.1) is 11.3 Å². The molecule has 0 aliphatic heterocycles. The molecular formula is C15H15N5S2. The highest BCUT2D eigenvalue weighted by atomic mass is 32.2. The number of hydrogen-bond acceptors (Lipinski definition) is 7. The summed E-state index contributed by atoms with van der Waals surface area (Å²) in [4.78, 5) is 12.9. The second kappa shape index (κ2) is 6.76. The minimum absolute atomic E-state index is 0.387. The Bertz CT molecular complexity index is 737. The molecule has 4 N–H and O–H groups in total. The predicted molar refractivity (Wildman–Crippen MR) is 91.8 cm³/mol. The molecule has 0 saturated carbocycles. The van der Waals surface area contributed by atoms with Crippen molar-refractivity contribution < 1.29 is 0 Å². The molecule has 2 aromatic heterocycles. The highest BCUT2D eigenvalue weighted by Gasteiger charge is 2.06. The van der Waals surface area contributed by atoms with E-state index in [0.717, 1.165) is 17.1 Å². The highest BCUT2D eigenvalue weighted by Crippen LogP contribution is 2.23. The summed E-state index contributed by atoms with van der Waals surface area (Å²) in [5, 5.41) is 3.76. The summed E-state index contributed by atoms with van der Waals surface area (Å²) in [6, 6.07) is 11.9. The van der Waals surface area contributed by atoms with Gasteiger partial charge in [0.15, 0.2) is 5.16 Å². The van der Waals surface area contributed by atoms with Crippen molar-refractivity contribution in [3.63, 3.8) is 0 Å². The summed E-state index contributed by atoms with van der Waals surface area (Å²) in [7, 11) is 0.